The number of carbonyl (C=O) groups is 1. The minimum Gasteiger partial charge on any atom is -0.353 e. The molecule has 0 radical (unpaired) electrons. The van der Waals surface area contributed by atoms with Crippen molar-refractivity contribution in [1.82, 2.24) is 24.8 Å². The van der Waals surface area contributed by atoms with Gasteiger partial charge in [-0.2, -0.15) is 0 Å². The number of rotatable bonds is 3. The molecule has 0 saturated carbocycles. The number of amides is 1. The number of carbonyl (C=O) groups excluding carboxylic acids is 1. The van der Waals surface area contributed by atoms with Crippen molar-refractivity contribution in [3.8, 4) is 11.4 Å². The molecule has 32 heavy (non-hydrogen) atoms. The van der Waals surface area contributed by atoms with Crippen molar-refractivity contribution in [2.45, 2.75) is 13.8 Å². The summed E-state index contributed by atoms with van der Waals surface area (Å²) in [4.78, 5) is 35.5. The van der Waals surface area contributed by atoms with Crippen LogP contribution in [0, 0.1) is 13.8 Å². The van der Waals surface area contributed by atoms with Gasteiger partial charge in [-0.15, -0.1) is 0 Å². The molecular weight excluding hydrogens is 400 g/mol. The monoisotopic (exact) mass is 424 g/mol. The molecule has 4 aromatic rings. The van der Waals surface area contributed by atoms with E-state index in [0.29, 0.717) is 24.5 Å². The maximum atomic E-state index is 13.1. The Hall–Kier alpha value is -3.87. The van der Waals surface area contributed by atoms with E-state index in [0.717, 1.165) is 46.9 Å². The Morgan fingerprint density at radius 1 is 0.812 bits per heavy atom. The van der Waals surface area contributed by atoms with E-state index in [1.165, 1.54) is 0 Å². The lowest BCUT2D eigenvalue weighted by atomic mass is 10.1. The number of benzene rings is 2. The second-order valence-electron chi connectivity index (χ2n) is 7.98. The minimum atomic E-state index is 0.0271. The van der Waals surface area contributed by atoms with Crippen LogP contribution in [0.3, 0.4) is 0 Å². The summed E-state index contributed by atoms with van der Waals surface area (Å²) in [6.45, 7) is 6.61. The van der Waals surface area contributed by atoms with Gasteiger partial charge in [-0.1, -0.05) is 30.3 Å². The van der Waals surface area contributed by atoms with E-state index in [9.17, 15) is 4.79 Å². The number of hydrogen-bond acceptors (Lipinski definition) is 6. The van der Waals surface area contributed by atoms with Gasteiger partial charge < -0.3 is 9.80 Å². The Bertz CT molecular complexity index is 1280. The van der Waals surface area contributed by atoms with Crippen molar-refractivity contribution in [2.75, 3.05) is 31.1 Å². The minimum absolute atomic E-state index is 0.0271. The third-order valence-electron chi connectivity index (χ3n) is 5.89. The van der Waals surface area contributed by atoms with E-state index in [1.54, 1.807) is 6.20 Å². The van der Waals surface area contributed by atoms with E-state index >= 15 is 0 Å². The maximum Gasteiger partial charge on any atom is 0.254 e. The third kappa shape index (κ3) is 3.89. The van der Waals surface area contributed by atoms with E-state index in [1.807, 2.05) is 73.3 Å². The molecular formula is C25H24N6O. The van der Waals surface area contributed by atoms with Crippen molar-refractivity contribution >= 4 is 22.8 Å². The van der Waals surface area contributed by atoms with Gasteiger partial charge in [-0.05, 0) is 38.1 Å². The van der Waals surface area contributed by atoms with Crippen LogP contribution in [0.2, 0.25) is 0 Å². The lowest BCUT2D eigenvalue weighted by molar-refractivity contribution is 0.0746. The second-order valence-corrected chi connectivity index (χ2v) is 7.98. The number of nitrogens with zero attached hydrogens (tertiary/aromatic N) is 6. The molecule has 0 N–H and O–H groups in total. The van der Waals surface area contributed by atoms with Gasteiger partial charge in [0, 0.05) is 43.5 Å². The van der Waals surface area contributed by atoms with Gasteiger partial charge in [0.1, 0.15) is 5.82 Å². The van der Waals surface area contributed by atoms with Crippen LogP contribution in [0.1, 0.15) is 21.7 Å². The maximum absolute atomic E-state index is 13.1. The molecule has 2 aromatic heterocycles. The number of anilines is 1. The second kappa shape index (κ2) is 8.34. The van der Waals surface area contributed by atoms with Crippen LogP contribution in [0.5, 0.6) is 0 Å². The summed E-state index contributed by atoms with van der Waals surface area (Å²) in [7, 11) is 0. The smallest absolute Gasteiger partial charge is 0.254 e. The predicted molar refractivity (Wildman–Crippen MR) is 125 cm³/mol. The lowest BCUT2D eigenvalue weighted by Gasteiger charge is -2.35. The molecule has 0 aliphatic carbocycles. The summed E-state index contributed by atoms with van der Waals surface area (Å²) in [6.07, 6.45) is 1.79. The Balaban J connectivity index is 1.29. The summed E-state index contributed by atoms with van der Waals surface area (Å²) in [6, 6.07) is 17.5. The molecule has 0 bridgehead atoms. The highest BCUT2D eigenvalue weighted by Crippen LogP contribution is 2.21. The normalized spacial score (nSPS) is 14.1. The molecule has 3 heterocycles. The van der Waals surface area contributed by atoms with Gasteiger partial charge in [-0.3, -0.25) is 4.79 Å². The van der Waals surface area contributed by atoms with Crippen LogP contribution in [-0.2, 0) is 0 Å². The Morgan fingerprint density at radius 2 is 1.53 bits per heavy atom. The van der Waals surface area contributed by atoms with Gasteiger partial charge >= 0.3 is 0 Å². The van der Waals surface area contributed by atoms with Crippen molar-refractivity contribution in [2.24, 2.45) is 0 Å². The van der Waals surface area contributed by atoms with Crippen LogP contribution in [0.25, 0.3) is 22.4 Å². The van der Waals surface area contributed by atoms with Crippen molar-refractivity contribution in [1.29, 1.82) is 0 Å². The Labute approximate surface area is 186 Å². The first-order valence-electron chi connectivity index (χ1n) is 10.8. The number of piperazine rings is 1. The zero-order chi connectivity index (χ0) is 22.1. The quantitative estimate of drug-likeness (QED) is 0.500. The molecule has 5 rings (SSSR count). The molecule has 2 aromatic carbocycles. The first kappa shape index (κ1) is 20.1. The van der Waals surface area contributed by atoms with E-state index in [4.69, 9.17) is 4.98 Å². The topological polar surface area (TPSA) is 75.1 Å². The van der Waals surface area contributed by atoms with Gasteiger partial charge in [-0.25, -0.2) is 19.9 Å². The fraction of sp³-hybridized carbons (Fsp3) is 0.240. The molecule has 1 fully saturated rings. The van der Waals surface area contributed by atoms with Gasteiger partial charge in [0.25, 0.3) is 5.91 Å². The van der Waals surface area contributed by atoms with Crippen LogP contribution < -0.4 is 4.90 Å². The molecule has 1 aliphatic heterocycles. The van der Waals surface area contributed by atoms with Crippen LogP contribution >= 0.6 is 0 Å². The van der Waals surface area contributed by atoms with Gasteiger partial charge in [0.05, 0.1) is 22.4 Å². The van der Waals surface area contributed by atoms with E-state index < -0.39 is 0 Å². The van der Waals surface area contributed by atoms with E-state index in [-0.39, 0.29) is 5.91 Å². The molecule has 160 valence electrons. The largest absolute Gasteiger partial charge is 0.353 e. The highest BCUT2D eigenvalue weighted by atomic mass is 16.2. The highest BCUT2D eigenvalue weighted by Gasteiger charge is 2.23. The molecule has 7 heteroatoms. The summed E-state index contributed by atoms with van der Waals surface area (Å²) in [5.41, 5.74) is 5.01. The standard InChI is InChI=1S/C25H24N6O/c1-17-18(2)28-22-16-20(8-9-21(22)27-17)25(32)31-14-12-30(13-15-31)23-10-11-26-24(29-23)19-6-4-3-5-7-19/h3-11,16H,12-15H2,1-2H3. The molecule has 0 spiro atoms. The van der Waals surface area contributed by atoms with Gasteiger partial charge in [0.2, 0.25) is 0 Å². The number of aromatic nitrogens is 4. The number of aryl methyl sites for hydroxylation is 2. The molecule has 1 saturated heterocycles. The Kier molecular flexibility index (Phi) is 5.23. The van der Waals surface area contributed by atoms with E-state index in [2.05, 4.69) is 19.9 Å². The average Bonchev–Trinajstić information content (AvgIpc) is 2.85. The molecule has 7 nitrogen and oxygen atoms in total. The zero-order valence-electron chi connectivity index (χ0n) is 18.2. The summed E-state index contributed by atoms with van der Waals surface area (Å²) in [5.74, 6) is 1.63. The third-order valence-corrected chi connectivity index (χ3v) is 5.89. The lowest BCUT2D eigenvalue weighted by Crippen LogP contribution is -2.49. The summed E-state index contributed by atoms with van der Waals surface area (Å²) >= 11 is 0. The fourth-order valence-electron chi connectivity index (χ4n) is 3.94. The first-order valence-corrected chi connectivity index (χ1v) is 10.8. The van der Waals surface area contributed by atoms with Crippen LogP contribution in [-0.4, -0.2) is 56.9 Å². The Morgan fingerprint density at radius 3 is 2.28 bits per heavy atom. The van der Waals surface area contributed by atoms with Crippen molar-refractivity contribution in [3.05, 3.63) is 77.7 Å². The highest BCUT2D eigenvalue weighted by molar-refractivity contribution is 5.97. The van der Waals surface area contributed by atoms with Crippen molar-refractivity contribution in [3.63, 3.8) is 0 Å². The molecule has 0 unspecified atom stereocenters. The molecule has 0 atom stereocenters. The number of hydrogen-bond donors (Lipinski definition) is 0. The molecule has 1 aliphatic rings. The fourth-order valence-corrected chi connectivity index (χ4v) is 3.94. The van der Waals surface area contributed by atoms with Gasteiger partial charge in [0.15, 0.2) is 5.82 Å². The van der Waals surface area contributed by atoms with Crippen LogP contribution in [0.4, 0.5) is 5.82 Å². The average molecular weight is 425 g/mol. The molecule has 1 amide bonds. The van der Waals surface area contributed by atoms with Crippen LogP contribution in [0.15, 0.2) is 60.8 Å². The number of fused-ring (bicyclic) bond motifs is 1. The summed E-state index contributed by atoms with van der Waals surface area (Å²) in [5, 5.41) is 0. The van der Waals surface area contributed by atoms with Crippen molar-refractivity contribution < 1.29 is 4.79 Å². The zero-order valence-corrected chi connectivity index (χ0v) is 18.2. The SMILES string of the molecule is Cc1nc2ccc(C(=O)N3CCN(c4ccnc(-c5ccccc5)n4)CC3)cc2nc1C. The predicted octanol–water partition coefficient (Wildman–Crippen LogP) is 3.67. The first-order chi connectivity index (χ1) is 15.6. The summed E-state index contributed by atoms with van der Waals surface area (Å²) < 4.78 is 0.